The van der Waals surface area contributed by atoms with Crippen LogP contribution in [0, 0.1) is 13.8 Å². The minimum Gasteiger partial charge on any atom is -0.360 e. The zero-order valence-corrected chi connectivity index (χ0v) is 20.2. The van der Waals surface area contributed by atoms with Crippen LogP contribution in [0.2, 0.25) is 0 Å². The van der Waals surface area contributed by atoms with Gasteiger partial charge in [-0.25, -0.2) is 16.8 Å². The number of rotatable bonds is 8. The summed E-state index contributed by atoms with van der Waals surface area (Å²) < 4.78 is 59.4. The van der Waals surface area contributed by atoms with E-state index in [1.165, 1.54) is 30.3 Å². The van der Waals surface area contributed by atoms with Crippen LogP contribution >= 0.6 is 0 Å². The summed E-state index contributed by atoms with van der Waals surface area (Å²) in [7, 11) is -7.67. The molecule has 0 radical (unpaired) electrons. The van der Waals surface area contributed by atoms with Gasteiger partial charge in [-0.2, -0.15) is 8.61 Å². The van der Waals surface area contributed by atoms with Gasteiger partial charge in [0.1, 0.15) is 16.6 Å². The molecule has 1 amide bonds. The third-order valence-corrected chi connectivity index (χ3v) is 9.68. The molecule has 12 heteroatoms. The highest BCUT2D eigenvalue weighted by atomic mass is 32.2. The molecule has 1 saturated heterocycles. The van der Waals surface area contributed by atoms with E-state index in [1.54, 1.807) is 26.0 Å². The molecule has 10 nitrogen and oxygen atoms in total. The van der Waals surface area contributed by atoms with E-state index < -0.39 is 32.0 Å². The third kappa shape index (κ3) is 4.45. The number of sulfonamides is 2. The van der Waals surface area contributed by atoms with Crippen molar-refractivity contribution in [3.05, 3.63) is 35.7 Å². The summed E-state index contributed by atoms with van der Waals surface area (Å²) in [4.78, 5) is 13.0. The molecule has 0 saturated carbocycles. The molecule has 1 aromatic heterocycles. The van der Waals surface area contributed by atoms with Crippen molar-refractivity contribution >= 4 is 31.6 Å². The van der Waals surface area contributed by atoms with E-state index in [4.69, 9.17) is 4.52 Å². The Morgan fingerprint density at radius 1 is 1.22 bits per heavy atom. The number of nitrogens with one attached hydrogen (secondary N) is 1. The molecule has 1 N–H and O–H groups in total. The van der Waals surface area contributed by atoms with Crippen LogP contribution in [0.25, 0.3) is 0 Å². The molecule has 2 aromatic rings. The van der Waals surface area contributed by atoms with Gasteiger partial charge in [-0.1, -0.05) is 25.1 Å². The first-order valence-electron chi connectivity index (χ1n) is 10.4. The van der Waals surface area contributed by atoms with Crippen molar-refractivity contribution in [1.29, 1.82) is 0 Å². The molecule has 0 bridgehead atoms. The zero-order valence-electron chi connectivity index (χ0n) is 18.5. The maximum Gasteiger partial charge on any atom is 0.249 e. The number of aryl methyl sites for hydroxylation is 2. The number of anilines is 1. The molecular formula is C20H28N4O6S2. The van der Waals surface area contributed by atoms with Gasteiger partial charge < -0.3 is 9.84 Å². The first-order chi connectivity index (χ1) is 15.0. The second-order valence-corrected chi connectivity index (χ2v) is 11.3. The van der Waals surface area contributed by atoms with Crippen molar-refractivity contribution in [3.8, 4) is 0 Å². The molecule has 1 atom stereocenters. The van der Waals surface area contributed by atoms with Crippen LogP contribution in [0.3, 0.4) is 0 Å². The molecule has 176 valence electrons. The van der Waals surface area contributed by atoms with Crippen LogP contribution in [0.1, 0.15) is 38.1 Å². The molecule has 0 aliphatic carbocycles. The summed E-state index contributed by atoms with van der Waals surface area (Å²) in [5, 5.41) is 6.39. The van der Waals surface area contributed by atoms with Gasteiger partial charge >= 0.3 is 0 Å². The highest BCUT2D eigenvalue weighted by Gasteiger charge is 2.42. The average Bonchev–Trinajstić information content (AvgIpc) is 3.36. The van der Waals surface area contributed by atoms with Crippen LogP contribution in [0.15, 0.2) is 38.6 Å². The van der Waals surface area contributed by atoms with Crippen LogP contribution in [-0.4, -0.2) is 62.2 Å². The highest BCUT2D eigenvalue weighted by Crippen LogP contribution is 2.30. The normalized spacial score (nSPS) is 17.7. The van der Waals surface area contributed by atoms with Gasteiger partial charge in [0.05, 0.1) is 4.90 Å². The van der Waals surface area contributed by atoms with Crippen molar-refractivity contribution in [3.63, 3.8) is 0 Å². The van der Waals surface area contributed by atoms with Crippen molar-refractivity contribution < 1.29 is 26.2 Å². The number of hydrogen-bond acceptors (Lipinski definition) is 7. The zero-order chi connectivity index (χ0) is 23.7. The van der Waals surface area contributed by atoms with Crippen molar-refractivity contribution in [2.45, 2.75) is 56.4 Å². The van der Waals surface area contributed by atoms with Gasteiger partial charge in [-0.05, 0) is 44.9 Å². The Labute approximate surface area is 188 Å². The van der Waals surface area contributed by atoms with Crippen molar-refractivity contribution in [1.82, 2.24) is 13.8 Å². The fourth-order valence-corrected chi connectivity index (χ4v) is 7.38. The fraction of sp³-hybridized carbons (Fsp3) is 0.500. The Morgan fingerprint density at radius 2 is 1.91 bits per heavy atom. The van der Waals surface area contributed by atoms with E-state index in [1.807, 2.05) is 0 Å². The maximum absolute atomic E-state index is 13.2. The Balaban J connectivity index is 1.85. The summed E-state index contributed by atoms with van der Waals surface area (Å²) in [6.07, 6.45) is 0.878. The molecule has 0 spiro atoms. The lowest BCUT2D eigenvalue weighted by molar-refractivity contribution is -0.119. The van der Waals surface area contributed by atoms with Crippen LogP contribution in [0.5, 0.6) is 0 Å². The Morgan fingerprint density at radius 3 is 2.50 bits per heavy atom. The minimum absolute atomic E-state index is 0.0236. The lowest BCUT2D eigenvalue weighted by atomic mass is 10.2. The Hall–Kier alpha value is -2.28. The van der Waals surface area contributed by atoms with Crippen LogP contribution in [-0.2, 0) is 24.8 Å². The second-order valence-electron chi connectivity index (χ2n) is 7.53. The fourth-order valence-electron chi connectivity index (χ4n) is 3.92. The van der Waals surface area contributed by atoms with Crippen LogP contribution in [0.4, 0.5) is 5.69 Å². The SMILES string of the molecule is CCN(CC)S(=O)(=O)c1cccc(NC(=O)[C@H]2CCCN2S(=O)(=O)c2c(C)noc2C)c1. The topological polar surface area (TPSA) is 130 Å². The summed E-state index contributed by atoms with van der Waals surface area (Å²) in [5.74, 6) is -0.349. The lowest BCUT2D eigenvalue weighted by Crippen LogP contribution is -2.43. The first kappa shape index (κ1) is 24.4. The predicted octanol–water partition coefficient (Wildman–Crippen LogP) is 2.11. The number of nitrogens with zero attached hydrogens (tertiary/aromatic N) is 3. The van der Waals surface area contributed by atoms with E-state index >= 15 is 0 Å². The average molecular weight is 485 g/mol. The van der Waals surface area contributed by atoms with Gasteiger partial charge in [-0.15, -0.1) is 0 Å². The summed E-state index contributed by atoms with van der Waals surface area (Å²) in [6, 6.07) is 5.04. The molecule has 0 unspecified atom stereocenters. The van der Waals surface area contributed by atoms with E-state index in [-0.39, 0.29) is 33.5 Å². The summed E-state index contributed by atoms with van der Waals surface area (Å²) in [5.41, 5.74) is 0.521. The quantitative estimate of drug-likeness (QED) is 0.607. The number of carbonyl (C=O) groups is 1. The predicted molar refractivity (Wildman–Crippen MR) is 118 cm³/mol. The number of amides is 1. The molecule has 1 aliphatic rings. The Bertz CT molecular complexity index is 1180. The summed E-state index contributed by atoms with van der Waals surface area (Å²) in [6.45, 7) is 7.40. The third-order valence-electron chi connectivity index (χ3n) is 5.49. The lowest BCUT2D eigenvalue weighted by Gasteiger charge is -2.23. The number of carbonyl (C=O) groups excluding carboxylic acids is 1. The number of aromatic nitrogens is 1. The van der Waals surface area contributed by atoms with E-state index in [0.29, 0.717) is 25.9 Å². The number of benzene rings is 1. The maximum atomic E-state index is 13.2. The molecular weight excluding hydrogens is 456 g/mol. The van der Waals surface area contributed by atoms with Gasteiger partial charge in [-0.3, -0.25) is 4.79 Å². The minimum atomic E-state index is -3.98. The summed E-state index contributed by atoms with van der Waals surface area (Å²) >= 11 is 0. The largest absolute Gasteiger partial charge is 0.360 e. The number of hydrogen-bond donors (Lipinski definition) is 1. The van der Waals surface area contributed by atoms with Crippen molar-refractivity contribution in [2.75, 3.05) is 25.0 Å². The monoisotopic (exact) mass is 484 g/mol. The molecule has 1 fully saturated rings. The smallest absolute Gasteiger partial charge is 0.249 e. The first-order valence-corrected chi connectivity index (χ1v) is 13.3. The molecule has 1 aromatic carbocycles. The van der Waals surface area contributed by atoms with Crippen LogP contribution < -0.4 is 5.32 Å². The molecule has 2 heterocycles. The van der Waals surface area contributed by atoms with Crippen molar-refractivity contribution in [2.24, 2.45) is 0 Å². The van der Waals surface area contributed by atoms with Gasteiger partial charge in [0.15, 0.2) is 5.76 Å². The Kier molecular flexibility index (Phi) is 7.08. The standard InChI is InChI=1S/C20H28N4O6S2/c1-5-23(6-2)31(26,27)17-10-7-9-16(13-17)21-20(25)18-11-8-12-24(18)32(28,29)19-14(3)22-30-15(19)4/h7,9-10,13,18H,5-6,8,11-12H2,1-4H3,(H,21,25)/t18-/m1/s1. The van der Waals surface area contributed by atoms with Gasteiger partial charge in [0.25, 0.3) is 0 Å². The second kappa shape index (κ2) is 9.30. The molecule has 32 heavy (non-hydrogen) atoms. The van der Waals surface area contributed by atoms with Gasteiger partial charge in [0.2, 0.25) is 26.0 Å². The molecule has 1 aliphatic heterocycles. The highest BCUT2D eigenvalue weighted by molar-refractivity contribution is 7.89. The van der Waals surface area contributed by atoms with E-state index in [9.17, 15) is 21.6 Å². The van der Waals surface area contributed by atoms with Gasteiger partial charge in [0, 0.05) is 25.3 Å². The van der Waals surface area contributed by atoms with E-state index in [2.05, 4.69) is 10.5 Å². The van der Waals surface area contributed by atoms with E-state index in [0.717, 1.165) is 4.31 Å². The molecule has 3 rings (SSSR count).